The maximum Gasteiger partial charge on any atom is 0.0230 e. The van der Waals surface area contributed by atoms with Crippen LogP contribution in [-0.4, -0.2) is 30.6 Å². The Morgan fingerprint density at radius 2 is 2.08 bits per heavy atom. The summed E-state index contributed by atoms with van der Waals surface area (Å²) in [6.45, 7) is 10.3. The van der Waals surface area contributed by atoms with Crippen LogP contribution in [-0.2, 0) is 0 Å². The van der Waals surface area contributed by atoms with Crippen molar-refractivity contribution in [3.63, 3.8) is 0 Å². The second-order valence-electron chi connectivity index (χ2n) is 5.38. The van der Waals surface area contributed by atoms with Crippen molar-refractivity contribution in [2.75, 3.05) is 19.6 Å². The second-order valence-corrected chi connectivity index (χ2v) is 5.38. The van der Waals surface area contributed by atoms with E-state index in [4.69, 9.17) is 5.73 Å². The van der Waals surface area contributed by atoms with Crippen molar-refractivity contribution >= 4 is 0 Å². The summed E-state index contributed by atoms with van der Waals surface area (Å²) < 4.78 is 0. The molecule has 0 amide bonds. The van der Waals surface area contributed by atoms with Gasteiger partial charge in [0.1, 0.15) is 0 Å². The summed E-state index contributed by atoms with van der Waals surface area (Å²) in [5, 5.41) is 0. The molecule has 0 aromatic rings. The van der Waals surface area contributed by atoms with Gasteiger partial charge >= 0.3 is 0 Å². The first-order valence-corrected chi connectivity index (χ1v) is 5.47. The smallest absolute Gasteiger partial charge is 0.0230 e. The van der Waals surface area contributed by atoms with E-state index < -0.39 is 0 Å². The largest absolute Gasteiger partial charge is 0.329 e. The molecule has 0 aromatic carbocycles. The van der Waals surface area contributed by atoms with Crippen LogP contribution in [0.1, 0.15) is 40.0 Å². The summed E-state index contributed by atoms with van der Waals surface area (Å²) >= 11 is 0. The molecular weight excluding hydrogens is 160 g/mol. The summed E-state index contributed by atoms with van der Waals surface area (Å²) in [6, 6.07) is 0.694. The maximum absolute atomic E-state index is 5.64. The van der Waals surface area contributed by atoms with E-state index in [0.717, 1.165) is 6.54 Å². The third-order valence-corrected chi connectivity index (χ3v) is 2.91. The molecule has 0 bridgehead atoms. The van der Waals surface area contributed by atoms with Gasteiger partial charge in [-0.25, -0.2) is 0 Å². The van der Waals surface area contributed by atoms with Crippen LogP contribution in [0.3, 0.4) is 0 Å². The molecule has 1 unspecified atom stereocenters. The molecule has 1 atom stereocenters. The van der Waals surface area contributed by atoms with Gasteiger partial charge in [0.2, 0.25) is 0 Å². The zero-order chi connectivity index (χ0) is 9.90. The molecule has 1 fully saturated rings. The average Bonchev–Trinajstić information content (AvgIpc) is 1.95. The molecule has 13 heavy (non-hydrogen) atoms. The van der Waals surface area contributed by atoms with Crippen LogP contribution in [0.25, 0.3) is 0 Å². The standard InChI is InChI=1S/C11H24N2/c1-11(2,3)6-4-7-13-8-5-10(13)9-12/h10H,4-9,12H2,1-3H3. The number of hydrogen-bond donors (Lipinski definition) is 1. The molecule has 2 nitrogen and oxygen atoms in total. The van der Waals surface area contributed by atoms with Gasteiger partial charge in [-0.1, -0.05) is 20.8 Å². The number of rotatable bonds is 4. The Morgan fingerprint density at radius 3 is 2.46 bits per heavy atom. The Balaban J connectivity index is 2.06. The van der Waals surface area contributed by atoms with Crippen molar-refractivity contribution < 1.29 is 0 Å². The zero-order valence-electron chi connectivity index (χ0n) is 9.34. The highest BCUT2D eigenvalue weighted by atomic mass is 15.2. The minimum Gasteiger partial charge on any atom is -0.329 e. The first-order chi connectivity index (χ1) is 6.03. The molecule has 0 spiro atoms. The van der Waals surface area contributed by atoms with Gasteiger partial charge in [-0.3, -0.25) is 4.90 Å². The Kier molecular flexibility index (Phi) is 3.74. The predicted octanol–water partition coefficient (Wildman–Crippen LogP) is 1.85. The van der Waals surface area contributed by atoms with Crippen molar-refractivity contribution in [2.45, 2.75) is 46.1 Å². The maximum atomic E-state index is 5.64. The number of hydrogen-bond acceptors (Lipinski definition) is 2. The second kappa shape index (κ2) is 4.43. The Morgan fingerprint density at radius 1 is 1.38 bits per heavy atom. The van der Waals surface area contributed by atoms with Gasteiger partial charge in [-0.05, 0) is 31.2 Å². The van der Waals surface area contributed by atoms with Crippen LogP contribution in [0, 0.1) is 5.41 Å². The molecule has 1 aliphatic rings. The van der Waals surface area contributed by atoms with Gasteiger partial charge < -0.3 is 5.73 Å². The molecule has 78 valence electrons. The summed E-state index contributed by atoms with van der Waals surface area (Å²) in [7, 11) is 0. The Bertz CT molecular complexity index is 147. The van der Waals surface area contributed by atoms with Crippen LogP contribution in [0.2, 0.25) is 0 Å². The van der Waals surface area contributed by atoms with Crippen molar-refractivity contribution in [1.29, 1.82) is 0 Å². The first-order valence-electron chi connectivity index (χ1n) is 5.47. The summed E-state index contributed by atoms with van der Waals surface area (Å²) in [6.07, 6.45) is 3.95. The first kappa shape index (κ1) is 11.0. The van der Waals surface area contributed by atoms with E-state index >= 15 is 0 Å². The molecular formula is C11H24N2. The lowest BCUT2D eigenvalue weighted by Gasteiger charge is -2.40. The summed E-state index contributed by atoms with van der Waals surface area (Å²) in [4.78, 5) is 2.52. The minimum absolute atomic E-state index is 0.489. The van der Waals surface area contributed by atoms with Crippen LogP contribution in [0.4, 0.5) is 0 Å². The fourth-order valence-corrected chi connectivity index (χ4v) is 1.87. The van der Waals surface area contributed by atoms with E-state index in [-0.39, 0.29) is 0 Å². The van der Waals surface area contributed by atoms with E-state index in [1.807, 2.05) is 0 Å². The molecule has 1 heterocycles. The molecule has 0 aromatic heterocycles. The van der Waals surface area contributed by atoms with Crippen molar-refractivity contribution in [1.82, 2.24) is 4.90 Å². The van der Waals surface area contributed by atoms with Crippen LogP contribution < -0.4 is 5.73 Å². The van der Waals surface area contributed by atoms with E-state index in [9.17, 15) is 0 Å². The normalized spacial score (nSPS) is 24.5. The van der Waals surface area contributed by atoms with Gasteiger partial charge in [-0.2, -0.15) is 0 Å². The molecule has 0 aliphatic carbocycles. The Labute approximate surface area is 82.5 Å². The van der Waals surface area contributed by atoms with Gasteiger partial charge in [0.25, 0.3) is 0 Å². The van der Waals surface area contributed by atoms with Gasteiger partial charge in [0.05, 0.1) is 0 Å². The van der Waals surface area contributed by atoms with Gasteiger partial charge in [0.15, 0.2) is 0 Å². The number of likely N-dealkylation sites (tertiary alicyclic amines) is 1. The van der Waals surface area contributed by atoms with Crippen molar-refractivity contribution in [3.05, 3.63) is 0 Å². The summed E-state index contributed by atoms with van der Waals surface area (Å²) in [5.74, 6) is 0. The van der Waals surface area contributed by atoms with Crippen molar-refractivity contribution in [2.24, 2.45) is 11.1 Å². The van der Waals surface area contributed by atoms with E-state index in [0.29, 0.717) is 11.5 Å². The lowest BCUT2D eigenvalue weighted by atomic mass is 9.90. The minimum atomic E-state index is 0.489. The van der Waals surface area contributed by atoms with Crippen LogP contribution in [0.5, 0.6) is 0 Å². The van der Waals surface area contributed by atoms with E-state index in [2.05, 4.69) is 25.7 Å². The number of nitrogens with zero attached hydrogens (tertiary/aromatic N) is 1. The average molecular weight is 184 g/mol. The zero-order valence-corrected chi connectivity index (χ0v) is 9.34. The highest BCUT2D eigenvalue weighted by Crippen LogP contribution is 2.23. The van der Waals surface area contributed by atoms with Crippen LogP contribution in [0.15, 0.2) is 0 Å². The third-order valence-electron chi connectivity index (χ3n) is 2.91. The molecule has 1 aliphatic heterocycles. The van der Waals surface area contributed by atoms with Crippen molar-refractivity contribution in [3.8, 4) is 0 Å². The van der Waals surface area contributed by atoms with E-state index in [1.165, 1.54) is 32.4 Å². The number of nitrogens with two attached hydrogens (primary N) is 1. The highest BCUT2D eigenvalue weighted by molar-refractivity contribution is 4.83. The molecule has 0 saturated carbocycles. The summed E-state index contributed by atoms with van der Waals surface area (Å²) in [5.41, 5.74) is 6.13. The monoisotopic (exact) mass is 184 g/mol. The van der Waals surface area contributed by atoms with Gasteiger partial charge in [0, 0.05) is 19.1 Å². The Hall–Kier alpha value is -0.0800. The van der Waals surface area contributed by atoms with Crippen LogP contribution >= 0.6 is 0 Å². The molecule has 1 rings (SSSR count). The van der Waals surface area contributed by atoms with Gasteiger partial charge in [-0.15, -0.1) is 0 Å². The van der Waals surface area contributed by atoms with E-state index in [1.54, 1.807) is 0 Å². The third kappa shape index (κ3) is 3.65. The molecule has 2 N–H and O–H groups in total. The quantitative estimate of drug-likeness (QED) is 0.722. The molecule has 2 heteroatoms. The highest BCUT2D eigenvalue weighted by Gasteiger charge is 2.25. The fourth-order valence-electron chi connectivity index (χ4n) is 1.87. The molecule has 0 radical (unpaired) electrons. The molecule has 1 saturated heterocycles. The lowest BCUT2D eigenvalue weighted by Crippen LogP contribution is -2.51. The predicted molar refractivity (Wildman–Crippen MR) is 57.7 cm³/mol. The SMILES string of the molecule is CC(C)(C)CCCN1CCC1CN. The topological polar surface area (TPSA) is 29.3 Å². The lowest BCUT2D eigenvalue weighted by molar-refractivity contribution is 0.0909. The fraction of sp³-hybridized carbons (Fsp3) is 1.00.